The molecule has 2 amide bonds. The van der Waals surface area contributed by atoms with Gasteiger partial charge in [-0.25, -0.2) is 4.39 Å². The lowest BCUT2D eigenvalue weighted by Gasteiger charge is -2.59. The van der Waals surface area contributed by atoms with Crippen molar-refractivity contribution < 1.29 is 14.0 Å². The Morgan fingerprint density at radius 2 is 1.61 bits per heavy atom. The van der Waals surface area contributed by atoms with Crippen molar-refractivity contribution in [2.45, 2.75) is 69.2 Å². The second-order valence-corrected chi connectivity index (χ2v) is 9.91. The summed E-state index contributed by atoms with van der Waals surface area (Å²) < 4.78 is 13.4. The molecule has 0 aliphatic heterocycles. The van der Waals surface area contributed by atoms with Gasteiger partial charge in [0.2, 0.25) is 11.8 Å². The highest BCUT2D eigenvalue weighted by Gasteiger charge is 2.58. The molecule has 5 atom stereocenters. The highest BCUT2D eigenvalue weighted by atomic mass is 19.1. The standard InChI is InChI=1S/C23H29FN2O2/c24-18-5-3-17(4-6-18)23(7-1-2-8-23)21(28)26-19-15-9-14-10-16(19)13-22(11-14,12-15)20(25)27/h3-6,14-16,19H,1-2,7-13H2,(H2,25,27)(H,26,28)/t14?,15-,16+,19?,22?. The first-order valence-electron chi connectivity index (χ1n) is 10.8. The van der Waals surface area contributed by atoms with E-state index < -0.39 is 5.41 Å². The fourth-order valence-electron chi connectivity index (χ4n) is 7.25. The van der Waals surface area contributed by atoms with Crippen LogP contribution in [-0.2, 0) is 15.0 Å². The van der Waals surface area contributed by atoms with Gasteiger partial charge in [0.25, 0.3) is 0 Å². The third-order valence-corrected chi connectivity index (χ3v) is 8.38. The molecule has 5 aliphatic carbocycles. The fraction of sp³-hybridized carbons (Fsp3) is 0.652. The summed E-state index contributed by atoms with van der Waals surface area (Å²) in [6.45, 7) is 0. The number of carbonyl (C=O) groups excluding carboxylic acids is 2. The molecule has 6 rings (SSSR count). The van der Waals surface area contributed by atoms with E-state index in [9.17, 15) is 14.0 Å². The number of nitrogens with two attached hydrogens (primary N) is 1. The maximum Gasteiger partial charge on any atom is 0.230 e. The SMILES string of the molecule is NC(=O)C12CC3C[C@H](C1)C(NC(=O)C1(c4ccc(F)cc4)CCCC1)[C@@H](C3)C2. The monoisotopic (exact) mass is 384 g/mol. The van der Waals surface area contributed by atoms with Crippen LogP contribution in [0, 0.1) is 29.0 Å². The van der Waals surface area contributed by atoms with E-state index in [4.69, 9.17) is 5.73 Å². The minimum Gasteiger partial charge on any atom is -0.369 e. The number of primary amides is 1. The molecule has 5 heteroatoms. The minimum atomic E-state index is -0.538. The second-order valence-electron chi connectivity index (χ2n) is 9.91. The predicted octanol–water partition coefficient (Wildman–Crippen LogP) is 3.43. The Labute approximate surface area is 165 Å². The molecule has 5 fully saturated rings. The van der Waals surface area contributed by atoms with E-state index in [2.05, 4.69) is 5.32 Å². The molecule has 28 heavy (non-hydrogen) atoms. The van der Waals surface area contributed by atoms with Crippen LogP contribution in [0.25, 0.3) is 0 Å². The van der Waals surface area contributed by atoms with Gasteiger partial charge in [0.05, 0.1) is 5.41 Å². The lowest BCUT2D eigenvalue weighted by atomic mass is 9.47. The van der Waals surface area contributed by atoms with Crippen molar-refractivity contribution in [3.05, 3.63) is 35.6 Å². The van der Waals surface area contributed by atoms with E-state index in [1.54, 1.807) is 12.1 Å². The van der Waals surface area contributed by atoms with Crippen LogP contribution < -0.4 is 11.1 Å². The first kappa shape index (κ1) is 18.1. The molecule has 1 aromatic rings. The number of amides is 2. The Morgan fingerprint density at radius 1 is 1.00 bits per heavy atom. The van der Waals surface area contributed by atoms with Gasteiger partial charge < -0.3 is 11.1 Å². The zero-order chi connectivity index (χ0) is 19.5. The predicted molar refractivity (Wildman–Crippen MR) is 104 cm³/mol. The molecule has 0 aromatic heterocycles. The van der Waals surface area contributed by atoms with Crippen LogP contribution in [0.3, 0.4) is 0 Å². The zero-order valence-electron chi connectivity index (χ0n) is 16.3. The van der Waals surface area contributed by atoms with Crippen molar-refractivity contribution >= 4 is 11.8 Å². The number of rotatable bonds is 4. The maximum absolute atomic E-state index is 13.6. The molecular formula is C23H29FN2O2. The van der Waals surface area contributed by atoms with Crippen LogP contribution in [0.15, 0.2) is 24.3 Å². The first-order valence-corrected chi connectivity index (χ1v) is 10.8. The van der Waals surface area contributed by atoms with Crippen LogP contribution >= 0.6 is 0 Å². The molecule has 5 aliphatic rings. The molecule has 5 saturated carbocycles. The zero-order valence-corrected chi connectivity index (χ0v) is 16.3. The molecular weight excluding hydrogens is 355 g/mol. The Balaban J connectivity index is 1.39. The van der Waals surface area contributed by atoms with E-state index >= 15 is 0 Å². The van der Waals surface area contributed by atoms with Crippen LogP contribution in [0.4, 0.5) is 4.39 Å². The fourth-order valence-corrected chi connectivity index (χ4v) is 7.25. The van der Waals surface area contributed by atoms with E-state index in [1.807, 2.05) is 0 Å². The van der Waals surface area contributed by atoms with E-state index in [-0.39, 0.29) is 29.1 Å². The molecule has 0 spiro atoms. The molecule has 3 unspecified atom stereocenters. The average Bonchev–Trinajstić information content (AvgIpc) is 3.15. The number of carbonyl (C=O) groups is 2. The van der Waals surface area contributed by atoms with Crippen molar-refractivity contribution in [1.29, 1.82) is 0 Å². The maximum atomic E-state index is 13.6. The first-order chi connectivity index (χ1) is 13.4. The topological polar surface area (TPSA) is 72.2 Å². The molecule has 0 saturated heterocycles. The number of hydrogen-bond donors (Lipinski definition) is 2. The summed E-state index contributed by atoms with van der Waals surface area (Å²) in [6.07, 6.45) is 8.47. The Kier molecular flexibility index (Phi) is 4.08. The second kappa shape index (κ2) is 6.30. The van der Waals surface area contributed by atoms with E-state index in [1.165, 1.54) is 12.1 Å². The van der Waals surface area contributed by atoms with Crippen molar-refractivity contribution in [3.63, 3.8) is 0 Å². The van der Waals surface area contributed by atoms with Gasteiger partial charge in [-0.1, -0.05) is 25.0 Å². The molecule has 1 aromatic carbocycles. The summed E-state index contributed by atoms with van der Waals surface area (Å²) >= 11 is 0. The van der Waals surface area contributed by atoms with Gasteiger partial charge in [0, 0.05) is 11.5 Å². The quantitative estimate of drug-likeness (QED) is 0.835. The summed E-state index contributed by atoms with van der Waals surface area (Å²) in [4.78, 5) is 25.7. The Bertz CT molecular complexity index is 783. The molecule has 0 heterocycles. The third kappa shape index (κ3) is 2.61. The molecule has 0 radical (unpaired) electrons. The van der Waals surface area contributed by atoms with Gasteiger partial charge in [-0.3, -0.25) is 9.59 Å². The number of nitrogens with one attached hydrogen (secondary N) is 1. The summed E-state index contributed by atoms with van der Waals surface area (Å²) in [5.41, 5.74) is 5.85. The van der Waals surface area contributed by atoms with Crippen LogP contribution in [0.5, 0.6) is 0 Å². The van der Waals surface area contributed by atoms with Crippen LogP contribution in [0.2, 0.25) is 0 Å². The largest absolute Gasteiger partial charge is 0.369 e. The van der Waals surface area contributed by atoms with Crippen molar-refractivity contribution in [3.8, 4) is 0 Å². The average molecular weight is 384 g/mol. The molecule has 3 N–H and O–H groups in total. The highest BCUT2D eigenvalue weighted by Crippen LogP contribution is 2.60. The van der Waals surface area contributed by atoms with E-state index in [0.717, 1.165) is 63.4 Å². The lowest BCUT2D eigenvalue weighted by molar-refractivity contribution is -0.148. The summed E-state index contributed by atoms with van der Waals surface area (Å²) in [7, 11) is 0. The van der Waals surface area contributed by atoms with Crippen molar-refractivity contribution in [2.75, 3.05) is 0 Å². The van der Waals surface area contributed by atoms with Gasteiger partial charge in [-0.05, 0) is 80.4 Å². The third-order valence-electron chi connectivity index (χ3n) is 8.38. The van der Waals surface area contributed by atoms with Crippen molar-refractivity contribution in [1.82, 2.24) is 5.32 Å². The summed E-state index contributed by atoms with van der Waals surface area (Å²) in [6, 6.07) is 6.62. The number of halogens is 1. The van der Waals surface area contributed by atoms with E-state index in [0.29, 0.717) is 17.8 Å². The van der Waals surface area contributed by atoms with Crippen LogP contribution in [-0.4, -0.2) is 17.9 Å². The molecule has 4 nitrogen and oxygen atoms in total. The number of hydrogen-bond acceptors (Lipinski definition) is 2. The Hall–Kier alpha value is -1.91. The Morgan fingerprint density at radius 3 is 2.18 bits per heavy atom. The smallest absolute Gasteiger partial charge is 0.230 e. The molecule has 4 bridgehead atoms. The van der Waals surface area contributed by atoms with Gasteiger partial charge in [-0.2, -0.15) is 0 Å². The normalized spacial score (nSPS) is 37.8. The molecule has 150 valence electrons. The van der Waals surface area contributed by atoms with Crippen LogP contribution in [0.1, 0.15) is 63.4 Å². The van der Waals surface area contributed by atoms with Gasteiger partial charge in [0.1, 0.15) is 5.82 Å². The van der Waals surface area contributed by atoms with Gasteiger partial charge >= 0.3 is 0 Å². The summed E-state index contributed by atoms with van der Waals surface area (Å²) in [5.74, 6) is 0.979. The highest BCUT2D eigenvalue weighted by molar-refractivity contribution is 5.89. The van der Waals surface area contributed by atoms with Gasteiger partial charge in [-0.15, -0.1) is 0 Å². The van der Waals surface area contributed by atoms with Gasteiger partial charge in [0.15, 0.2) is 0 Å². The van der Waals surface area contributed by atoms with Crippen molar-refractivity contribution in [2.24, 2.45) is 28.9 Å². The summed E-state index contributed by atoms with van der Waals surface area (Å²) in [5, 5.41) is 3.43. The minimum absolute atomic E-state index is 0.0993. The number of benzene rings is 1. The lowest BCUT2D eigenvalue weighted by Crippen LogP contribution is -2.63.